The first kappa shape index (κ1) is 20.2. The lowest BCUT2D eigenvalue weighted by Gasteiger charge is -2.32. The van der Waals surface area contributed by atoms with Gasteiger partial charge in [-0.15, -0.1) is 0 Å². The number of amides is 2. The zero-order valence-corrected chi connectivity index (χ0v) is 17.7. The zero-order chi connectivity index (χ0) is 20.3. The lowest BCUT2D eigenvalue weighted by molar-refractivity contribution is 0.0697. The van der Waals surface area contributed by atoms with Crippen molar-refractivity contribution in [2.24, 2.45) is 7.05 Å². The molecule has 1 aromatic heterocycles. The molecule has 28 heavy (non-hydrogen) atoms. The highest BCUT2D eigenvalue weighted by Crippen LogP contribution is 2.36. The van der Waals surface area contributed by atoms with E-state index in [0.29, 0.717) is 53.0 Å². The molecule has 2 amide bonds. The number of aryl methyl sites for hydroxylation is 1. The molecule has 8 nitrogen and oxygen atoms in total. The van der Waals surface area contributed by atoms with E-state index in [-0.39, 0.29) is 17.9 Å². The molecule has 3 rings (SSSR count). The molecule has 0 atom stereocenters. The van der Waals surface area contributed by atoms with E-state index in [1.807, 2.05) is 0 Å². The molecule has 1 fully saturated rings. The van der Waals surface area contributed by atoms with Crippen LogP contribution in [0, 0.1) is 0 Å². The van der Waals surface area contributed by atoms with Gasteiger partial charge in [-0.1, -0.05) is 0 Å². The van der Waals surface area contributed by atoms with Crippen molar-refractivity contribution in [3.8, 4) is 11.5 Å². The predicted molar refractivity (Wildman–Crippen MR) is 107 cm³/mol. The molecule has 0 radical (unpaired) electrons. The minimum atomic E-state index is -0.139. The Kier molecular flexibility index (Phi) is 6.23. The van der Waals surface area contributed by atoms with E-state index in [4.69, 9.17) is 9.47 Å². The highest BCUT2D eigenvalue weighted by molar-refractivity contribution is 9.10. The lowest BCUT2D eigenvalue weighted by Crippen LogP contribution is -2.46. The number of rotatable bonds is 5. The Morgan fingerprint density at radius 2 is 1.75 bits per heavy atom. The van der Waals surface area contributed by atoms with Gasteiger partial charge < -0.3 is 19.7 Å². The smallest absolute Gasteiger partial charge is 0.254 e. The standard InChI is InChI=1S/C19H23BrN4O4/c1-23-11-13(10-21-23)18(25)22-14-4-6-24(7-5-14)19(26)12-8-15(27-2)17(20)16(9-12)28-3/h8-11,14H,4-7H2,1-3H3,(H,22,25). The third kappa shape index (κ3) is 4.30. The largest absolute Gasteiger partial charge is 0.495 e. The molecule has 1 saturated heterocycles. The van der Waals surface area contributed by atoms with Crippen LogP contribution in [0.15, 0.2) is 29.0 Å². The van der Waals surface area contributed by atoms with Crippen LogP contribution in [-0.4, -0.2) is 59.8 Å². The third-order valence-electron chi connectivity index (χ3n) is 4.78. The number of ether oxygens (including phenoxy) is 2. The van der Waals surface area contributed by atoms with Gasteiger partial charge in [0, 0.05) is 37.9 Å². The summed E-state index contributed by atoms with van der Waals surface area (Å²) in [4.78, 5) is 26.9. The number of carbonyl (C=O) groups excluding carboxylic acids is 2. The summed E-state index contributed by atoms with van der Waals surface area (Å²) in [6, 6.07) is 3.43. The molecule has 1 aliphatic heterocycles. The number of carbonyl (C=O) groups is 2. The number of benzene rings is 1. The van der Waals surface area contributed by atoms with Gasteiger partial charge in [-0.2, -0.15) is 5.10 Å². The summed E-state index contributed by atoms with van der Waals surface area (Å²) in [5.41, 5.74) is 1.05. The molecule has 0 saturated carbocycles. The van der Waals surface area contributed by atoms with Crippen molar-refractivity contribution in [3.63, 3.8) is 0 Å². The third-order valence-corrected chi connectivity index (χ3v) is 5.56. The summed E-state index contributed by atoms with van der Waals surface area (Å²) >= 11 is 3.41. The topological polar surface area (TPSA) is 85.7 Å². The molecule has 0 bridgehead atoms. The number of piperidine rings is 1. The Morgan fingerprint density at radius 3 is 2.25 bits per heavy atom. The second-order valence-electron chi connectivity index (χ2n) is 6.64. The van der Waals surface area contributed by atoms with Gasteiger partial charge >= 0.3 is 0 Å². The number of methoxy groups -OCH3 is 2. The van der Waals surface area contributed by atoms with E-state index in [1.165, 1.54) is 0 Å². The van der Waals surface area contributed by atoms with Crippen molar-refractivity contribution in [1.29, 1.82) is 0 Å². The van der Waals surface area contributed by atoms with Crippen LogP contribution in [0.5, 0.6) is 11.5 Å². The van der Waals surface area contributed by atoms with E-state index in [9.17, 15) is 9.59 Å². The van der Waals surface area contributed by atoms with Crippen LogP contribution >= 0.6 is 15.9 Å². The number of hydrogen-bond donors (Lipinski definition) is 1. The molecule has 9 heteroatoms. The Morgan fingerprint density at radius 1 is 1.14 bits per heavy atom. The summed E-state index contributed by atoms with van der Waals surface area (Å²) in [6.07, 6.45) is 4.62. The summed E-state index contributed by atoms with van der Waals surface area (Å²) in [6.45, 7) is 1.13. The van der Waals surface area contributed by atoms with Gasteiger partial charge in [0.25, 0.3) is 11.8 Å². The normalized spacial score (nSPS) is 14.6. The second kappa shape index (κ2) is 8.64. The fourth-order valence-electron chi connectivity index (χ4n) is 3.21. The van der Waals surface area contributed by atoms with Crippen LogP contribution in [0.4, 0.5) is 0 Å². The first-order valence-electron chi connectivity index (χ1n) is 8.93. The van der Waals surface area contributed by atoms with Gasteiger partial charge in [0.15, 0.2) is 0 Å². The van der Waals surface area contributed by atoms with Crippen LogP contribution in [0.25, 0.3) is 0 Å². The van der Waals surface area contributed by atoms with Crippen molar-refractivity contribution in [2.45, 2.75) is 18.9 Å². The van der Waals surface area contributed by atoms with Gasteiger partial charge in [-0.25, -0.2) is 0 Å². The first-order chi connectivity index (χ1) is 13.4. The number of nitrogens with one attached hydrogen (secondary N) is 1. The maximum absolute atomic E-state index is 12.9. The summed E-state index contributed by atoms with van der Waals surface area (Å²) in [5.74, 6) is 0.865. The Labute approximate surface area is 171 Å². The number of aromatic nitrogens is 2. The van der Waals surface area contributed by atoms with Crippen LogP contribution in [-0.2, 0) is 7.05 Å². The zero-order valence-electron chi connectivity index (χ0n) is 16.1. The minimum Gasteiger partial charge on any atom is -0.495 e. The van der Waals surface area contributed by atoms with Gasteiger partial charge in [0.2, 0.25) is 0 Å². The molecule has 1 aromatic carbocycles. The second-order valence-corrected chi connectivity index (χ2v) is 7.43. The molecule has 0 spiro atoms. The molecule has 0 unspecified atom stereocenters. The first-order valence-corrected chi connectivity index (χ1v) is 9.72. The van der Waals surface area contributed by atoms with Crippen LogP contribution < -0.4 is 14.8 Å². The fourth-order valence-corrected chi connectivity index (χ4v) is 3.76. The predicted octanol–water partition coefficient (Wildman–Crippen LogP) is 2.23. The molecular formula is C19H23BrN4O4. The average Bonchev–Trinajstić information content (AvgIpc) is 3.14. The Bertz CT molecular complexity index is 850. The van der Waals surface area contributed by atoms with E-state index in [0.717, 1.165) is 0 Å². The quantitative estimate of drug-likeness (QED) is 0.754. The Hall–Kier alpha value is -2.55. The van der Waals surface area contributed by atoms with E-state index in [2.05, 4.69) is 26.3 Å². The monoisotopic (exact) mass is 450 g/mol. The molecule has 1 aliphatic rings. The van der Waals surface area contributed by atoms with Crippen LogP contribution in [0.1, 0.15) is 33.6 Å². The summed E-state index contributed by atoms with van der Waals surface area (Å²) in [7, 11) is 4.86. The maximum Gasteiger partial charge on any atom is 0.254 e. The minimum absolute atomic E-state index is 0.0331. The number of hydrogen-bond acceptors (Lipinski definition) is 5. The van der Waals surface area contributed by atoms with Crippen LogP contribution in [0.3, 0.4) is 0 Å². The molecule has 0 aliphatic carbocycles. The van der Waals surface area contributed by atoms with Crippen LogP contribution in [0.2, 0.25) is 0 Å². The van der Waals surface area contributed by atoms with Crippen molar-refractivity contribution in [3.05, 3.63) is 40.1 Å². The highest BCUT2D eigenvalue weighted by atomic mass is 79.9. The number of likely N-dealkylation sites (tertiary alicyclic amines) is 1. The summed E-state index contributed by atoms with van der Waals surface area (Å²) < 4.78 is 12.9. The number of nitrogens with zero attached hydrogens (tertiary/aromatic N) is 3. The fraction of sp³-hybridized carbons (Fsp3) is 0.421. The van der Waals surface area contributed by atoms with Gasteiger partial charge in [0.05, 0.1) is 26.0 Å². The van der Waals surface area contributed by atoms with Crippen molar-refractivity contribution in [1.82, 2.24) is 20.0 Å². The van der Waals surface area contributed by atoms with E-state index < -0.39 is 0 Å². The lowest BCUT2D eigenvalue weighted by atomic mass is 10.0. The molecule has 2 aromatic rings. The molecule has 1 N–H and O–H groups in total. The Balaban J connectivity index is 1.61. The molecular weight excluding hydrogens is 428 g/mol. The van der Waals surface area contributed by atoms with Crippen molar-refractivity contribution in [2.75, 3.05) is 27.3 Å². The van der Waals surface area contributed by atoms with Gasteiger partial charge in [-0.3, -0.25) is 14.3 Å². The van der Waals surface area contributed by atoms with Crippen molar-refractivity contribution >= 4 is 27.7 Å². The maximum atomic E-state index is 12.9. The molecule has 2 heterocycles. The average molecular weight is 451 g/mol. The van der Waals surface area contributed by atoms with Gasteiger partial charge in [0.1, 0.15) is 16.0 Å². The van der Waals surface area contributed by atoms with Crippen molar-refractivity contribution < 1.29 is 19.1 Å². The van der Waals surface area contributed by atoms with E-state index in [1.54, 1.807) is 55.4 Å². The van der Waals surface area contributed by atoms with Gasteiger partial charge in [-0.05, 0) is 40.9 Å². The SMILES string of the molecule is COc1cc(C(=O)N2CCC(NC(=O)c3cnn(C)c3)CC2)cc(OC)c1Br. The van der Waals surface area contributed by atoms with E-state index >= 15 is 0 Å². The summed E-state index contributed by atoms with van der Waals surface area (Å²) in [5, 5.41) is 7.03. The number of halogens is 1. The molecule has 150 valence electrons. The highest BCUT2D eigenvalue weighted by Gasteiger charge is 2.26.